The van der Waals surface area contributed by atoms with Gasteiger partial charge in [-0.1, -0.05) is 43.8 Å². The molecule has 9 heteroatoms. The molecule has 3 N–H and O–H groups in total. The van der Waals surface area contributed by atoms with E-state index in [4.69, 9.17) is 5.73 Å². The molecular weight excluding hydrogens is 394 g/mol. The molecule has 0 saturated carbocycles. The fraction of sp³-hybridized carbons (Fsp3) is 0.263. The summed E-state index contributed by atoms with van der Waals surface area (Å²) in [4.78, 5) is 24.6. The van der Waals surface area contributed by atoms with Crippen LogP contribution in [0.15, 0.2) is 46.9 Å². The zero-order chi connectivity index (χ0) is 20.1. The van der Waals surface area contributed by atoms with Crippen molar-refractivity contribution >= 4 is 40.6 Å². The molecule has 0 unspecified atom stereocenters. The highest BCUT2D eigenvalue weighted by molar-refractivity contribution is 7.99. The van der Waals surface area contributed by atoms with E-state index in [2.05, 4.69) is 29.4 Å². The Morgan fingerprint density at radius 3 is 2.57 bits per heavy atom. The summed E-state index contributed by atoms with van der Waals surface area (Å²) in [7, 11) is 0. The first kappa shape index (κ1) is 20.1. The standard InChI is InChI=1S/C19H21N5O2S2/c1-12(2)13-5-7-14(8-6-13)21-17(26)11-28-19-23-22-18(15-4-3-9-27-15)24(19)10-16(20)25/h3-9,12H,10-11H2,1-2H3,(H2,20,25)(H,21,26). The number of rotatable bonds is 8. The third-order valence-corrected chi connectivity index (χ3v) is 5.80. The molecule has 0 radical (unpaired) electrons. The van der Waals surface area contributed by atoms with Crippen LogP contribution in [0.3, 0.4) is 0 Å². The molecule has 0 fully saturated rings. The van der Waals surface area contributed by atoms with Crippen LogP contribution in [0.4, 0.5) is 5.69 Å². The number of primary amides is 1. The van der Waals surface area contributed by atoms with Gasteiger partial charge in [-0.2, -0.15) is 0 Å². The van der Waals surface area contributed by atoms with Gasteiger partial charge in [-0.15, -0.1) is 21.5 Å². The van der Waals surface area contributed by atoms with Crippen molar-refractivity contribution in [3.8, 4) is 10.7 Å². The zero-order valence-corrected chi connectivity index (χ0v) is 17.2. The van der Waals surface area contributed by atoms with Gasteiger partial charge in [0.15, 0.2) is 11.0 Å². The van der Waals surface area contributed by atoms with Crippen molar-refractivity contribution < 1.29 is 9.59 Å². The summed E-state index contributed by atoms with van der Waals surface area (Å²) < 4.78 is 1.64. The number of hydrogen-bond donors (Lipinski definition) is 2. The number of thiophene rings is 1. The first-order valence-electron chi connectivity index (χ1n) is 8.72. The fourth-order valence-electron chi connectivity index (χ4n) is 2.56. The van der Waals surface area contributed by atoms with Crippen LogP contribution >= 0.6 is 23.1 Å². The molecule has 0 aliphatic heterocycles. The first-order valence-corrected chi connectivity index (χ1v) is 10.6. The SMILES string of the molecule is CC(C)c1ccc(NC(=O)CSc2nnc(-c3cccs3)n2CC(N)=O)cc1. The average molecular weight is 416 g/mol. The summed E-state index contributed by atoms with van der Waals surface area (Å²) >= 11 is 2.71. The predicted octanol–water partition coefficient (Wildman–Crippen LogP) is 3.35. The second-order valence-electron chi connectivity index (χ2n) is 6.45. The molecule has 2 aromatic heterocycles. The monoisotopic (exact) mass is 415 g/mol. The number of hydrogen-bond acceptors (Lipinski definition) is 6. The summed E-state index contributed by atoms with van der Waals surface area (Å²) in [6, 6.07) is 11.6. The van der Waals surface area contributed by atoms with Gasteiger partial charge in [-0.3, -0.25) is 14.2 Å². The lowest BCUT2D eigenvalue weighted by molar-refractivity contribution is -0.118. The number of aromatic nitrogens is 3. The summed E-state index contributed by atoms with van der Waals surface area (Å²) in [5.41, 5.74) is 7.33. The first-order chi connectivity index (χ1) is 13.4. The Morgan fingerprint density at radius 2 is 1.96 bits per heavy atom. The molecule has 0 aliphatic carbocycles. The second-order valence-corrected chi connectivity index (χ2v) is 8.34. The van der Waals surface area contributed by atoms with Crippen molar-refractivity contribution in [1.82, 2.24) is 14.8 Å². The maximum atomic E-state index is 12.3. The number of benzene rings is 1. The van der Waals surface area contributed by atoms with Crippen LogP contribution in [-0.4, -0.2) is 32.3 Å². The molecule has 1 aromatic carbocycles. The second kappa shape index (κ2) is 9.03. The van der Waals surface area contributed by atoms with Gasteiger partial charge in [0.1, 0.15) is 6.54 Å². The highest BCUT2D eigenvalue weighted by atomic mass is 32.2. The third-order valence-electron chi connectivity index (χ3n) is 3.97. The summed E-state index contributed by atoms with van der Waals surface area (Å²) in [5, 5.41) is 13.6. The van der Waals surface area contributed by atoms with Gasteiger partial charge in [0, 0.05) is 5.69 Å². The highest BCUT2D eigenvalue weighted by Gasteiger charge is 2.17. The van der Waals surface area contributed by atoms with E-state index >= 15 is 0 Å². The number of amides is 2. The summed E-state index contributed by atoms with van der Waals surface area (Å²) in [5.74, 6) is 0.506. The Labute approximate surface area is 171 Å². The van der Waals surface area contributed by atoms with Crippen molar-refractivity contribution in [2.24, 2.45) is 5.73 Å². The molecule has 3 rings (SSSR count). The number of anilines is 1. The van der Waals surface area contributed by atoms with Crippen molar-refractivity contribution in [2.75, 3.05) is 11.1 Å². The zero-order valence-electron chi connectivity index (χ0n) is 15.6. The minimum atomic E-state index is -0.492. The normalized spacial score (nSPS) is 11.0. The lowest BCUT2D eigenvalue weighted by Gasteiger charge is -2.09. The van der Waals surface area contributed by atoms with Crippen molar-refractivity contribution in [3.63, 3.8) is 0 Å². The number of carbonyl (C=O) groups excluding carboxylic acids is 2. The minimum absolute atomic E-state index is 0.0408. The lowest BCUT2D eigenvalue weighted by atomic mass is 10.0. The van der Waals surface area contributed by atoms with Crippen LogP contribution in [0.2, 0.25) is 0 Å². The number of carbonyl (C=O) groups is 2. The van der Waals surface area contributed by atoms with Crippen LogP contribution < -0.4 is 11.1 Å². The number of thioether (sulfide) groups is 1. The molecule has 0 saturated heterocycles. The van der Waals surface area contributed by atoms with E-state index in [0.717, 1.165) is 10.6 Å². The van der Waals surface area contributed by atoms with E-state index in [1.807, 2.05) is 41.8 Å². The maximum Gasteiger partial charge on any atom is 0.237 e. The van der Waals surface area contributed by atoms with Gasteiger partial charge >= 0.3 is 0 Å². The smallest absolute Gasteiger partial charge is 0.237 e. The van der Waals surface area contributed by atoms with Crippen LogP contribution in [0, 0.1) is 0 Å². The molecule has 0 aliphatic rings. The summed E-state index contributed by atoms with van der Waals surface area (Å²) in [6.07, 6.45) is 0. The van der Waals surface area contributed by atoms with Crippen molar-refractivity contribution in [2.45, 2.75) is 31.5 Å². The summed E-state index contributed by atoms with van der Waals surface area (Å²) in [6.45, 7) is 4.20. The molecule has 146 valence electrons. The Balaban J connectivity index is 1.66. The highest BCUT2D eigenvalue weighted by Crippen LogP contribution is 2.27. The van der Waals surface area contributed by atoms with E-state index in [0.29, 0.717) is 16.9 Å². The van der Waals surface area contributed by atoms with E-state index < -0.39 is 5.91 Å². The van der Waals surface area contributed by atoms with Crippen molar-refractivity contribution in [1.29, 1.82) is 0 Å². The number of nitrogens with zero attached hydrogens (tertiary/aromatic N) is 3. The van der Waals surface area contributed by atoms with E-state index in [1.165, 1.54) is 28.7 Å². The Kier molecular flexibility index (Phi) is 6.48. The molecule has 0 spiro atoms. The molecule has 3 aromatic rings. The Morgan fingerprint density at radius 1 is 1.21 bits per heavy atom. The lowest BCUT2D eigenvalue weighted by Crippen LogP contribution is -2.20. The van der Waals surface area contributed by atoms with Gasteiger partial charge in [0.25, 0.3) is 0 Å². The van der Waals surface area contributed by atoms with Crippen molar-refractivity contribution in [3.05, 3.63) is 47.3 Å². The van der Waals surface area contributed by atoms with Gasteiger partial charge in [0.2, 0.25) is 11.8 Å². The van der Waals surface area contributed by atoms with E-state index in [-0.39, 0.29) is 18.2 Å². The van der Waals surface area contributed by atoms with Crippen LogP contribution in [0.25, 0.3) is 10.7 Å². The fourth-order valence-corrected chi connectivity index (χ4v) is 4.02. The maximum absolute atomic E-state index is 12.3. The van der Waals surface area contributed by atoms with E-state index in [1.54, 1.807) is 4.57 Å². The molecule has 7 nitrogen and oxygen atoms in total. The van der Waals surface area contributed by atoms with Crippen LogP contribution in [-0.2, 0) is 16.1 Å². The Hall–Kier alpha value is -2.65. The molecule has 28 heavy (non-hydrogen) atoms. The molecule has 0 atom stereocenters. The Bertz CT molecular complexity index is 949. The topological polar surface area (TPSA) is 103 Å². The van der Waals surface area contributed by atoms with Gasteiger partial charge in [-0.05, 0) is 35.1 Å². The quantitative estimate of drug-likeness (QED) is 0.549. The number of nitrogens with one attached hydrogen (secondary N) is 1. The minimum Gasteiger partial charge on any atom is -0.368 e. The van der Waals surface area contributed by atoms with Gasteiger partial charge in [0.05, 0.1) is 10.6 Å². The molecule has 0 bridgehead atoms. The average Bonchev–Trinajstić information content (AvgIpc) is 3.30. The van der Waals surface area contributed by atoms with Gasteiger partial charge in [-0.25, -0.2) is 0 Å². The third kappa shape index (κ3) is 4.99. The van der Waals surface area contributed by atoms with Crippen LogP contribution in [0.1, 0.15) is 25.3 Å². The largest absolute Gasteiger partial charge is 0.368 e. The van der Waals surface area contributed by atoms with Crippen LogP contribution in [0.5, 0.6) is 0 Å². The number of nitrogens with two attached hydrogens (primary N) is 1. The predicted molar refractivity (Wildman–Crippen MR) is 112 cm³/mol. The molecular formula is C19H21N5O2S2. The molecule has 2 heterocycles. The molecule has 2 amide bonds. The van der Waals surface area contributed by atoms with Gasteiger partial charge < -0.3 is 11.1 Å². The van der Waals surface area contributed by atoms with E-state index in [9.17, 15) is 9.59 Å².